The molecule has 2 aromatic rings. The Kier molecular flexibility index (Phi) is 4.48. The standard InChI is InChI=1S/C18H22N2O3/c1-12-4-5-16(13(2)8-12)17-11-20(6-7-22-17)18(21)10-15-9-14(3)23-19-15/h4-5,8-9,17H,6-7,10-11H2,1-3H3/t17-/m1/s1. The number of hydrogen-bond donors (Lipinski definition) is 0. The van der Waals surface area contributed by atoms with E-state index in [2.05, 4.69) is 37.2 Å². The van der Waals surface area contributed by atoms with Crippen LogP contribution in [0, 0.1) is 20.8 Å². The van der Waals surface area contributed by atoms with Gasteiger partial charge in [-0.05, 0) is 31.9 Å². The summed E-state index contributed by atoms with van der Waals surface area (Å²) in [7, 11) is 0. The van der Waals surface area contributed by atoms with Crippen LogP contribution in [0.5, 0.6) is 0 Å². The monoisotopic (exact) mass is 314 g/mol. The fourth-order valence-electron chi connectivity index (χ4n) is 3.02. The van der Waals surface area contributed by atoms with E-state index in [0.29, 0.717) is 25.4 Å². The van der Waals surface area contributed by atoms with Crippen LogP contribution in [0.3, 0.4) is 0 Å². The smallest absolute Gasteiger partial charge is 0.228 e. The van der Waals surface area contributed by atoms with Crippen molar-refractivity contribution in [3.63, 3.8) is 0 Å². The number of amides is 1. The molecular formula is C18H22N2O3. The second kappa shape index (κ2) is 6.54. The Bertz CT molecular complexity index is 708. The van der Waals surface area contributed by atoms with Crippen molar-refractivity contribution in [3.8, 4) is 0 Å². The van der Waals surface area contributed by atoms with E-state index < -0.39 is 0 Å². The summed E-state index contributed by atoms with van der Waals surface area (Å²) in [5.74, 6) is 0.791. The molecule has 0 saturated carbocycles. The molecule has 2 heterocycles. The summed E-state index contributed by atoms with van der Waals surface area (Å²) in [6.45, 7) is 7.75. The number of rotatable bonds is 3. The summed E-state index contributed by atoms with van der Waals surface area (Å²) >= 11 is 0. The summed E-state index contributed by atoms with van der Waals surface area (Å²) in [6, 6.07) is 8.15. The Balaban J connectivity index is 1.69. The van der Waals surface area contributed by atoms with Gasteiger partial charge < -0.3 is 14.2 Å². The second-order valence-electron chi connectivity index (χ2n) is 6.16. The molecule has 23 heavy (non-hydrogen) atoms. The van der Waals surface area contributed by atoms with Crippen molar-refractivity contribution in [1.82, 2.24) is 10.1 Å². The Hall–Kier alpha value is -2.14. The fraction of sp³-hybridized carbons (Fsp3) is 0.444. The molecule has 5 nitrogen and oxygen atoms in total. The normalized spacial score (nSPS) is 18.2. The minimum Gasteiger partial charge on any atom is -0.370 e. The van der Waals surface area contributed by atoms with E-state index in [1.165, 1.54) is 11.1 Å². The fourth-order valence-corrected chi connectivity index (χ4v) is 3.02. The Labute approximate surface area is 136 Å². The lowest BCUT2D eigenvalue weighted by molar-refractivity contribution is -0.138. The highest BCUT2D eigenvalue weighted by atomic mass is 16.5. The number of morpholine rings is 1. The van der Waals surface area contributed by atoms with Gasteiger partial charge in [0.25, 0.3) is 0 Å². The lowest BCUT2D eigenvalue weighted by Crippen LogP contribution is -2.43. The van der Waals surface area contributed by atoms with Gasteiger partial charge in [0.05, 0.1) is 25.3 Å². The number of ether oxygens (including phenoxy) is 1. The number of hydrogen-bond acceptors (Lipinski definition) is 4. The number of aromatic nitrogens is 1. The summed E-state index contributed by atoms with van der Waals surface area (Å²) in [5.41, 5.74) is 4.28. The van der Waals surface area contributed by atoms with Crippen molar-refractivity contribution in [2.45, 2.75) is 33.3 Å². The zero-order valence-electron chi connectivity index (χ0n) is 13.8. The summed E-state index contributed by atoms with van der Waals surface area (Å²) < 4.78 is 10.9. The Morgan fingerprint density at radius 3 is 2.83 bits per heavy atom. The zero-order valence-corrected chi connectivity index (χ0v) is 13.8. The maximum Gasteiger partial charge on any atom is 0.228 e. The topological polar surface area (TPSA) is 55.6 Å². The van der Waals surface area contributed by atoms with Gasteiger partial charge in [-0.1, -0.05) is 28.9 Å². The van der Waals surface area contributed by atoms with Crippen LogP contribution >= 0.6 is 0 Å². The molecule has 0 radical (unpaired) electrons. The average molecular weight is 314 g/mol. The van der Waals surface area contributed by atoms with Gasteiger partial charge in [0, 0.05) is 12.6 Å². The SMILES string of the molecule is Cc1ccc([C@H]2CN(C(=O)Cc3cc(C)on3)CCO2)c(C)c1. The average Bonchev–Trinajstić information content (AvgIpc) is 2.92. The minimum atomic E-state index is -0.0626. The molecule has 1 saturated heterocycles. The molecule has 0 bridgehead atoms. The molecular weight excluding hydrogens is 292 g/mol. The predicted octanol–water partition coefficient (Wildman–Crippen LogP) is 2.74. The first-order valence-corrected chi connectivity index (χ1v) is 7.91. The molecule has 1 fully saturated rings. The predicted molar refractivity (Wildman–Crippen MR) is 86.1 cm³/mol. The third-order valence-corrected chi connectivity index (χ3v) is 4.20. The Morgan fingerprint density at radius 2 is 2.13 bits per heavy atom. The molecule has 0 unspecified atom stereocenters. The zero-order chi connectivity index (χ0) is 16.4. The number of carbonyl (C=O) groups is 1. The first-order chi connectivity index (χ1) is 11.0. The number of benzene rings is 1. The van der Waals surface area contributed by atoms with Gasteiger partial charge in [0.2, 0.25) is 5.91 Å². The van der Waals surface area contributed by atoms with Crippen LogP contribution in [0.15, 0.2) is 28.8 Å². The summed E-state index contributed by atoms with van der Waals surface area (Å²) in [6.07, 6.45) is 0.212. The van der Waals surface area contributed by atoms with Crippen LogP contribution in [0.25, 0.3) is 0 Å². The third-order valence-electron chi connectivity index (χ3n) is 4.20. The van der Waals surface area contributed by atoms with Crippen molar-refractivity contribution < 1.29 is 14.1 Å². The van der Waals surface area contributed by atoms with Crippen molar-refractivity contribution in [1.29, 1.82) is 0 Å². The van der Waals surface area contributed by atoms with E-state index in [0.717, 1.165) is 11.3 Å². The maximum atomic E-state index is 12.5. The van der Waals surface area contributed by atoms with Crippen molar-refractivity contribution in [2.75, 3.05) is 19.7 Å². The van der Waals surface area contributed by atoms with Crippen molar-refractivity contribution >= 4 is 5.91 Å². The quantitative estimate of drug-likeness (QED) is 0.874. The molecule has 0 aliphatic carbocycles. The lowest BCUT2D eigenvalue weighted by Gasteiger charge is -2.33. The molecule has 1 amide bonds. The molecule has 1 aliphatic rings. The van der Waals surface area contributed by atoms with Gasteiger partial charge in [-0.2, -0.15) is 0 Å². The molecule has 1 atom stereocenters. The van der Waals surface area contributed by atoms with E-state index in [1.54, 1.807) is 6.07 Å². The van der Waals surface area contributed by atoms with Crippen molar-refractivity contribution in [2.24, 2.45) is 0 Å². The number of nitrogens with zero attached hydrogens (tertiary/aromatic N) is 2. The van der Waals surface area contributed by atoms with Crippen LogP contribution in [0.1, 0.15) is 34.2 Å². The molecule has 0 N–H and O–H groups in total. The molecule has 5 heteroatoms. The van der Waals surface area contributed by atoms with Crippen LogP contribution in [0.4, 0.5) is 0 Å². The van der Waals surface area contributed by atoms with Crippen LogP contribution in [-0.2, 0) is 16.0 Å². The maximum absolute atomic E-state index is 12.5. The summed E-state index contributed by atoms with van der Waals surface area (Å²) in [5, 5.41) is 3.90. The van der Waals surface area contributed by atoms with Gasteiger partial charge in [-0.15, -0.1) is 0 Å². The molecule has 122 valence electrons. The first kappa shape index (κ1) is 15.7. The van der Waals surface area contributed by atoms with Crippen molar-refractivity contribution in [3.05, 3.63) is 52.4 Å². The van der Waals surface area contributed by atoms with E-state index in [9.17, 15) is 4.79 Å². The van der Waals surface area contributed by atoms with Gasteiger partial charge in [0.15, 0.2) is 0 Å². The highest BCUT2D eigenvalue weighted by molar-refractivity contribution is 5.78. The molecule has 1 aromatic heterocycles. The molecule has 3 rings (SSSR count). The largest absolute Gasteiger partial charge is 0.370 e. The summed E-state index contributed by atoms with van der Waals surface area (Å²) in [4.78, 5) is 14.3. The molecule has 0 spiro atoms. The number of aryl methyl sites for hydroxylation is 3. The Morgan fingerprint density at radius 1 is 1.30 bits per heavy atom. The van der Waals surface area contributed by atoms with Gasteiger partial charge in [0.1, 0.15) is 11.9 Å². The highest BCUT2D eigenvalue weighted by Crippen LogP contribution is 2.26. The molecule has 1 aromatic carbocycles. The van der Waals surface area contributed by atoms with Gasteiger partial charge >= 0.3 is 0 Å². The van der Waals surface area contributed by atoms with Crippen LogP contribution in [-0.4, -0.2) is 35.7 Å². The van der Waals surface area contributed by atoms with E-state index >= 15 is 0 Å². The van der Waals surface area contributed by atoms with E-state index in [-0.39, 0.29) is 18.4 Å². The van der Waals surface area contributed by atoms with Gasteiger partial charge in [-0.25, -0.2) is 0 Å². The second-order valence-corrected chi connectivity index (χ2v) is 6.16. The minimum absolute atomic E-state index is 0.0626. The third kappa shape index (κ3) is 3.62. The first-order valence-electron chi connectivity index (χ1n) is 7.91. The van der Waals surface area contributed by atoms with Crippen LogP contribution < -0.4 is 0 Å². The lowest BCUT2D eigenvalue weighted by atomic mass is 10.00. The van der Waals surface area contributed by atoms with Crippen LogP contribution in [0.2, 0.25) is 0 Å². The molecule has 1 aliphatic heterocycles. The number of carbonyl (C=O) groups excluding carboxylic acids is 1. The van der Waals surface area contributed by atoms with E-state index in [1.807, 2.05) is 11.8 Å². The highest BCUT2D eigenvalue weighted by Gasteiger charge is 2.26. The van der Waals surface area contributed by atoms with Gasteiger partial charge in [-0.3, -0.25) is 4.79 Å². The van der Waals surface area contributed by atoms with E-state index in [4.69, 9.17) is 9.26 Å².